The Morgan fingerprint density at radius 2 is 2.00 bits per heavy atom. The molecule has 0 aromatic heterocycles. The van der Waals surface area contributed by atoms with Crippen molar-refractivity contribution in [2.24, 2.45) is 5.73 Å². The molecule has 0 atom stereocenters. The van der Waals surface area contributed by atoms with Gasteiger partial charge in [0.1, 0.15) is 0 Å². The zero-order valence-electron chi connectivity index (χ0n) is 12.5. The standard InChI is InChI=1S/C16H25N3O/c1-3-19(15-7-5-4-6-13(15)2)16(20)12-18-10-8-14(17)9-11-18/h4-7,14H,3,8-12,17H2,1-2H3. The number of nitrogens with two attached hydrogens (primary N) is 1. The van der Waals surface area contributed by atoms with Crippen LogP contribution in [0.5, 0.6) is 0 Å². The molecular weight excluding hydrogens is 250 g/mol. The number of likely N-dealkylation sites (tertiary alicyclic amines) is 1. The van der Waals surface area contributed by atoms with E-state index < -0.39 is 0 Å². The van der Waals surface area contributed by atoms with Crippen molar-refractivity contribution in [2.75, 3.05) is 31.1 Å². The van der Waals surface area contributed by atoms with Crippen LogP contribution >= 0.6 is 0 Å². The Bertz CT molecular complexity index is 453. The lowest BCUT2D eigenvalue weighted by Crippen LogP contribution is -2.46. The third kappa shape index (κ3) is 3.58. The van der Waals surface area contributed by atoms with Crippen LogP contribution in [0.15, 0.2) is 24.3 Å². The van der Waals surface area contributed by atoms with Gasteiger partial charge in [-0.3, -0.25) is 9.69 Å². The van der Waals surface area contributed by atoms with E-state index in [9.17, 15) is 4.79 Å². The predicted octanol–water partition coefficient (Wildman–Crippen LogP) is 1.77. The summed E-state index contributed by atoms with van der Waals surface area (Å²) in [6.45, 7) is 7.13. The van der Waals surface area contributed by atoms with Gasteiger partial charge in [-0.1, -0.05) is 18.2 Å². The zero-order valence-corrected chi connectivity index (χ0v) is 12.5. The van der Waals surface area contributed by atoms with Crippen molar-refractivity contribution in [1.82, 2.24) is 4.90 Å². The molecular formula is C16H25N3O. The molecule has 0 unspecified atom stereocenters. The minimum Gasteiger partial charge on any atom is -0.328 e. The number of carbonyl (C=O) groups excluding carboxylic acids is 1. The van der Waals surface area contributed by atoms with E-state index in [0.29, 0.717) is 19.1 Å². The van der Waals surface area contributed by atoms with Crippen LogP contribution in [0.1, 0.15) is 25.3 Å². The third-order valence-corrected chi connectivity index (χ3v) is 4.01. The molecule has 1 saturated heterocycles. The van der Waals surface area contributed by atoms with Gasteiger partial charge in [-0.25, -0.2) is 0 Å². The molecule has 2 N–H and O–H groups in total. The van der Waals surface area contributed by atoms with Crippen molar-refractivity contribution in [3.63, 3.8) is 0 Å². The Hall–Kier alpha value is -1.39. The van der Waals surface area contributed by atoms with E-state index in [-0.39, 0.29) is 5.91 Å². The average molecular weight is 275 g/mol. The largest absolute Gasteiger partial charge is 0.328 e. The summed E-state index contributed by atoms with van der Waals surface area (Å²) in [6, 6.07) is 8.36. The van der Waals surface area contributed by atoms with E-state index in [1.165, 1.54) is 0 Å². The number of para-hydroxylation sites is 1. The molecule has 1 aliphatic rings. The third-order valence-electron chi connectivity index (χ3n) is 4.01. The number of hydrogen-bond donors (Lipinski definition) is 1. The average Bonchev–Trinajstić information content (AvgIpc) is 2.44. The van der Waals surface area contributed by atoms with Gasteiger partial charge >= 0.3 is 0 Å². The van der Waals surface area contributed by atoms with Crippen LogP contribution in [0.3, 0.4) is 0 Å². The summed E-state index contributed by atoms with van der Waals surface area (Å²) in [4.78, 5) is 16.6. The first-order chi connectivity index (χ1) is 9.61. The first-order valence-corrected chi connectivity index (χ1v) is 7.45. The summed E-state index contributed by atoms with van der Waals surface area (Å²) in [5.41, 5.74) is 8.07. The highest BCUT2D eigenvalue weighted by Crippen LogP contribution is 2.20. The number of hydrogen-bond acceptors (Lipinski definition) is 3. The molecule has 0 aliphatic carbocycles. The van der Waals surface area contributed by atoms with E-state index in [0.717, 1.165) is 37.2 Å². The number of piperidine rings is 1. The highest BCUT2D eigenvalue weighted by molar-refractivity contribution is 5.95. The summed E-state index contributed by atoms with van der Waals surface area (Å²) >= 11 is 0. The molecule has 1 aromatic rings. The second-order valence-corrected chi connectivity index (χ2v) is 5.54. The van der Waals surface area contributed by atoms with Crippen molar-refractivity contribution >= 4 is 11.6 Å². The topological polar surface area (TPSA) is 49.6 Å². The second kappa shape index (κ2) is 6.86. The molecule has 1 aliphatic heterocycles. The van der Waals surface area contributed by atoms with Crippen molar-refractivity contribution in [3.05, 3.63) is 29.8 Å². The maximum absolute atomic E-state index is 12.5. The molecule has 2 rings (SSSR count). The maximum Gasteiger partial charge on any atom is 0.241 e. The Balaban J connectivity index is 2.01. The highest BCUT2D eigenvalue weighted by Gasteiger charge is 2.22. The number of anilines is 1. The fraction of sp³-hybridized carbons (Fsp3) is 0.562. The van der Waals surface area contributed by atoms with E-state index in [1.54, 1.807) is 0 Å². The number of nitrogens with zero attached hydrogens (tertiary/aromatic N) is 2. The van der Waals surface area contributed by atoms with E-state index in [4.69, 9.17) is 5.73 Å². The SMILES string of the molecule is CCN(C(=O)CN1CCC(N)CC1)c1ccccc1C. The van der Waals surface area contributed by atoms with Crippen LogP contribution in [0.25, 0.3) is 0 Å². The Kier molecular flexibility index (Phi) is 5.15. The van der Waals surface area contributed by atoms with Gasteiger partial charge in [0.05, 0.1) is 6.54 Å². The van der Waals surface area contributed by atoms with Gasteiger partial charge in [0.25, 0.3) is 0 Å². The molecule has 0 saturated carbocycles. The zero-order chi connectivity index (χ0) is 14.5. The number of benzene rings is 1. The van der Waals surface area contributed by atoms with Crippen LogP contribution < -0.4 is 10.6 Å². The van der Waals surface area contributed by atoms with Gasteiger partial charge in [0, 0.05) is 31.4 Å². The Morgan fingerprint density at radius 1 is 1.35 bits per heavy atom. The van der Waals surface area contributed by atoms with Crippen molar-refractivity contribution in [2.45, 2.75) is 32.7 Å². The summed E-state index contributed by atoms with van der Waals surface area (Å²) in [5, 5.41) is 0. The number of amides is 1. The quantitative estimate of drug-likeness (QED) is 0.911. The lowest BCUT2D eigenvalue weighted by atomic mass is 10.1. The van der Waals surface area contributed by atoms with E-state index >= 15 is 0 Å². The Labute approximate surface area is 121 Å². The molecule has 1 amide bonds. The molecule has 4 heteroatoms. The lowest BCUT2D eigenvalue weighted by Gasteiger charge is -2.32. The summed E-state index contributed by atoms with van der Waals surface area (Å²) in [5.74, 6) is 0.178. The fourth-order valence-corrected chi connectivity index (χ4v) is 2.74. The van der Waals surface area contributed by atoms with Crippen LogP contribution in [0, 0.1) is 6.92 Å². The van der Waals surface area contributed by atoms with Crippen LogP contribution in [0.4, 0.5) is 5.69 Å². The smallest absolute Gasteiger partial charge is 0.241 e. The summed E-state index contributed by atoms with van der Waals surface area (Å²) < 4.78 is 0. The molecule has 1 aromatic carbocycles. The first-order valence-electron chi connectivity index (χ1n) is 7.45. The van der Waals surface area contributed by atoms with Crippen LogP contribution in [-0.2, 0) is 4.79 Å². The normalized spacial score (nSPS) is 17.1. The second-order valence-electron chi connectivity index (χ2n) is 5.54. The van der Waals surface area contributed by atoms with E-state index in [1.807, 2.05) is 43.0 Å². The lowest BCUT2D eigenvalue weighted by molar-refractivity contribution is -0.120. The van der Waals surface area contributed by atoms with Gasteiger partial charge in [0.15, 0.2) is 0 Å². The van der Waals surface area contributed by atoms with Gasteiger partial charge < -0.3 is 10.6 Å². The Morgan fingerprint density at radius 3 is 2.60 bits per heavy atom. The molecule has 4 nitrogen and oxygen atoms in total. The van der Waals surface area contributed by atoms with Crippen molar-refractivity contribution in [3.8, 4) is 0 Å². The van der Waals surface area contributed by atoms with Gasteiger partial charge in [-0.05, 0) is 38.3 Å². The van der Waals surface area contributed by atoms with E-state index in [2.05, 4.69) is 4.90 Å². The monoisotopic (exact) mass is 275 g/mol. The molecule has 1 fully saturated rings. The molecule has 0 bridgehead atoms. The van der Waals surface area contributed by atoms with Gasteiger partial charge in [0.2, 0.25) is 5.91 Å². The molecule has 110 valence electrons. The molecule has 0 radical (unpaired) electrons. The van der Waals surface area contributed by atoms with Gasteiger partial charge in [-0.2, -0.15) is 0 Å². The molecule has 20 heavy (non-hydrogen) atoms. The van der Waals surface area contributed by atoms with Crippen molar-refractivity contribution < 1.29 is 4.79 Å². The van der Waals surface area contributed by atoms with Gasteiger partial charge in [-0.15, -0.1) is 0 Å². The first kappa shape index (κ1) is 15.0. The minimum atomic E-state index is 0.178. The summed E-state index contributed by atoms with van der Waals surface area (Å²) in [6.07, 6.45) is 1.98. The predicted molar refractivity (Wildman–Crippen MR) is 82.9 cm³/mol. The minimum absolute atomic E-state index is 0.178. The van der Waals surface area contributed by atoms with Crippen LogP contribution in [-0.4, -0.2) is 43.0 Å². The molecule has 0 spiro atoms. The number of aryl methyl sites for hydroxylation is 1. The maximum atomic E-state index is 12.5. The van der Waals surface area contributed by atoms with Crippen LogP contribution in [0.2, 0.25) is 0 Å². The number of rotatable bonds is 4. The fourth-order valence-electron chi connectivity index (χ4n) is 2.74. The highest BCUT2D eigenvalue weighted by atomic mass is 16.2. The summed E-state index contributed by atoms with van der Waals surface area (Å²) in [7, 11) is 0. The molecule has 1 heterocycles. The van der Waals surface area contributed by atoms with Crippen molar-refractivity contribution in [1.29, 1.82) is 0 Å². The number of carbonyl (C=O) groups is 1. The number of likely N-dealkylation sites (N-methyl/N-ethyl adjacent to an activating group) is 1.